The van der Waals surface area contributed by atoms with Gasteiger partial charge < -0.3 is 42.7 Å². The summed E-state index contributed by atoms with van der Waals surface area (Å²) in [6.07, 6.45) is 26.2. The number of hydrogen-bond donors (Lipinski definition) is 2. The Hall–Kier alpha value is -5.90. The third-order valence-electron chi connectivity index (χ3n) is 10.4. The second-order valence-electron chi connectivity index (χ2n) is 15.8. The summed E-state index contributed by atoms with van der Waals surface area (Å²) in [5.74, 6) is -2.87. The van der Waals surface area contributed by atoms with Crippen LogP contribution in [0.2, 0.25) is 0 Å². The van der Waals surface area contributed by atoms with Crippen LogP contribution in [0.3, 0.4) is 0 Å². The third kappa shape index (κ3) is 14.6. The lowest BCUT2D eigenvalue weighted by Gasteiger charge is -2.38. The van der Waals surface area contributed by atoms with E-state index in [-0.39, 0.29) is 61.1 Å². The Balaban J connectivity index is 1.60. The zero-order chi connectivity index (χ0) is 45.3. The molecule has 1 fully saturated rings. The maximum absolute atomic E-state index is 13.5. The highest BCUT2D eigenvalue weighted by atomic mass is 16.6. The lowest BCUT2D eigenvalue weighted by Crippen LogP contribution is -2.44. The molecule has 334 valence electrons. The van der Waals surface area contributed by atoms with Crippen LogP contribution >= 0.6 is 0 Å². The van der Waals surface area contributed by atoms with Crippen LogP contribution in [-0.4, -0.2) is 93.9 Å². The maximum Gasteiger partial charge on any atom is 0.360 e. The molecule has 0 amide bonds. The van der Waals surface area contributed by atoms with Crippen molar-refractivity contribution < 1.29 is 61.9 Å². The molecule has 2 aliphatic rings. The van der Waals surface area contributed by atoms with E-state index in [0.29, 0.717) is 6.42 Å². The first-order chi connectivity index (χ1) is 29.6. The van der Waals surface area contributed by atoms with E-state index in [0.717, 1.165) is 0 Å². The van der Waals surface area contributed by atoms with Gasteiger partial charge in [0.25, 0.3) is 0 Å². The van der Waals surface area contributed by atoms with Gasteiger partial charge in [-0.15, -0.1) is 0 Å². The number of fused-ring (bicyclic) bond motifs is 5. The maximum atomic E-state index is 13.5. The summed E-state index contributed by atoms with van der Waals surface area (Å²) in [6, 6.07) is 0. The molecule has 0 spiro atoms. The number of esters is 3. The first kappa shape index (κ1) is 48.8. The van der Waals surface area contributed by atoms with Gasteiger partial charge in [-0.25, -0.2) is 19.6 Å². The van der Waals surface area contributed by atoms with Crippen LogP contribution in [0.1, 0.15) is 100.0 Å². The van der Waals surface area contributed by atoms with Gasteiger partial charge >= 0.3 is 23.9 Å². The number of aliphatic hydroxyl groups excluding tert-OH is 1. The molecular weight excluding hydrogens is 801 g/mol. The van der Waals surface area contributed by atoms with Crippen LogP contribution in [0.5, 0.6) is 0 Å². The number of aliphatic carboxylic acids is 1. The molecular formula is C47H58N2O13. The number of allylic oxidation sites excluding steroid dienone is 8. The molecule has 2 aromatic heterocycles. The Morgan fingerprint density at radius 1 is 0.806 bits per heavy atom. The second kappa shape index (κ2) is 23.4. The number of rotatable bonds is 11. The minimum atomic E-state index is -1.13. The monoisotopic (exact) mass is 858 g/mol. The average Bonchev–Trinajstić information content (AvgIpc) is 3.53. The van der Waals surface area contributed by atoms with Crippen LogP contribution in [0.4, 0.5) is 0 Å². The SMILES string of the molecule is C/C=C/C(OC(=O)CCC(=O)O)C(C)(C)[C@H]1C\C=C/C=C\C=C\[C@@H](OC)Cc2nc(co2)C(=O)O[C@H](C(C)(C)[C@@H](O)/C=C/C)C/C=C\[C@@H]2O[C@@H]2/C=C/C=C\c2nc(co2)C(=O)O1. The summed E-state index contributed by atoms with van der Waals surface area (Å²) in [4.78, 5) is 59.3. The summed E-state index contributed by atoms with van der Waals surface area (Å²) in [5, 5.41) is 20.0. The first-order valence-electron chi connectivity index (χ1n) is 20.5. The number of oxazole rings is 2. The molecule has 0 aliphatic carbocycles. The molecule has 0 aromatic carbocycles. The normalized spacial score (nSPS) is 26.2. The quantitative estimate of drug-likeness (QED) is 0.0961. The number of cyclic esters (lactones) is 2. The Kier molecular flexibility index (Phi) is 18.4. The molecule has 62 heavy (non-hydrogen) atoms. The molecule has 4 heterocycles. The fourth-order valence-electron chi connectivity index (χ4n) is 6.26. The van der Waals surface area contributed by atoms with Gasteiger partial charge in [-0.3, -0.25) is 9.59 Å². The minimum absolute atomic E-state index is 0.0147. The van der Waals surface area contributed by atoms with Crippen molar-refractivity contribution in [2.45, 2.75) is 116 Å². The molecule has 2 N–H and O–H groups in total. The van der Waals surface area contributed by atoms with Crippen LogP contribution in [0.25, 0.3) is 6.08 Å². The second-order valence-corrected chi connectivity index (χ2v) is 15.8. The zero-order valence-electron chi connectivity index (χ0n) is 36.2. The molecule has 4 rings (SSSR count). The van der Waals surface area contributed by atoms with E-state index in [1.165, 1.54) is 19.6 Å². The number of aromatic nitrogens is 2. The minimum Gasteiger partial charge on any atom is -0.481 e. The zero-order valence-corrected chi connectivity index (χ0v) is 36.2. The third-order valence-corrected chi connectivity index (χ3v) is 10.4. The van der Waals surface area contributed by atoms with Crippen molar-refractivity contribution in [3.8, 4) is 0 Å². The van der Waals surface area contributed by atoms with E-state index in [9.17, 15) is 24.3 Å². The van der Waals surface area contributed by atoms with Crippen molar-refractivity contribution in [2.24, 2.45) is 10.8 Å². The van der Waals surface area contributed by atoms with Gasteiger partial charge in [0.2, 0.25) is 5.89 Å². The summed E-state index contributed by atoms with van der Waals surface area (Å²) in [6.45, 7) is 10.8. The highest BCUT2D eigenvalue weighted by molar-refractivity contribution is 5.87. The van der Waals surface area contributed by atoms with Gasteiger partial charge in [-0.2, -0.15) is 0 Å². The predicted molar refractivity (Wildman–Crippen MR) is 228 cm³/mol. The smallest absolute Gasteiger partial charge is 0.360 e. The molecule has 0 radical (unpaired) electrons. The number of hydrogen-bond acceptors (Lipinski definition) is 14. The van der Waals surface area contributed by atoms with Gasteiger partial charge in [0.1, 0.15) is 43.0 Å². The number of epoxide rings is 1. The Bertz CT molecular complexity index is 2060. The molecule has 15 nitrogen and oxygen atoms in total. The van der Waals surface area contributed by atoms with Gasteiger partial charge in [0.05, 0.1) is 31.5 Å². The average molecular weight is 859 g/mol. The van der Waals surface area contributed by atoms with Crippen LogP contribution < -0.4 is 0 Å². The predicted octanol–water partition coefficient (Wildman–Crippen LogP) is 7.67. The van der Waals surface area contributed by atoms with E-state index < -0.39 is 65.2 Å². The first-order valence-corrected chi connectivity index (χ1v) is 20.5. The highest BCUT2D eigenvalue weighted by Gasteiger charge is 2.42. The van der Waals surface area contributed by atoms with Crippen molar-refractivity contribution in [3.05, 3.63) is 127 Å². The number of methoxy groups -OCH3 is 1. The lowest BCUT2D eigenvalue weighted by molar-refractivity contribution is -0.158. The largest absolute Gasteiger partial charge is 0.481 e. The van der Waals surface area contributed by atoms with E-state index in [2.05, 4.69) is 9.97 Å². The summed E-state index contributed by atoms with van der Waals surface area (Å²) in [5.41, 5.74) is -1.96. The Morgan fingerprint density at radius 3 is 2.13 bits per heavy atom. The number of aliphatic hydroxyl groups is 1. The molecule has 15 heteroatoms. The molecule has 2 aromatic rings. The number of ether oxygens (including phenoxy) is 5. The number of carboxylic acids is 1. The number of nitrogens with zero attached hydrogens (tertiary/aromatic N) is 2. The van der Waals surface area contributed by atoms with E-state index in [1.54, 1.807) is 107 Å². The molecule has 2 aliphatic heterocycles. The Morgan fingerprint density at radius 2 is 1.44 bits per heavy atom. The molecule has 1 saturated heterocycles. The molecule has 1 unspecified atom stereocenters. The molecule has 0 saturated carbocycles. The van der Waals surface area contributed by atoms with Crippen molar-refractivity contribution in [2.75, 3.05) is 7.11 Å². The van der Waals surface area contributed by atoms with Gasteiger partial charge in [0, 0.05) is 36.9 Å². The highest BCUT2D eigenvalue weighted by Crippen LogP contribution is 2.35. The standard InChI is InChI=1S/C47H58N2O13/c1-8-18-36(50)46(3,4)38-24-17-22-35-34(59-35)21-15-16-25-40-48-32(29-57-40)44(54)62-39(47(5,6)37(19-9-2)60-43(53)27-26-42(51)52)23-14-12-10-11-13-20-31(56-7)28-41-49-33(30-58-41)45(55)61-38/h8-22,25,29-31,34-39,50H,23-24,26-28H2,1-7H3,(H,51,52)/b11-10-,14-12-,18-8+,19-9+,20-13+,21-15+,22-17-,25-16-/t31-,34-,35+,36+,37?,38+,39-/m1/s1. The fourth-order valence-corrected chi connectivity index (χ4v) is 6.26. The van der Waals surface area contributed by atoms with Gasteiger partial charge in [-0.1, -0.05) is 113 Å². The number of carbonyl (C=O) groups excluding carboxylic acids is 3. The lowest BCUT2D eigenvalue weighted by atomic mass is 9.78. The number of carboxylic acid groups (broad SMARTS) is 1. The Labute approximate surface area is 362 Å². The fraction of sp³-hybridized carbons (Fsp3) is 0.447. The number of carbonyl (C=O) groups is 4. The van der Waals surface area contributed by atoms with Crippen molar-refractivity contribution in [3.63, 3.8) is 0 Å². The summed E-state index contributed by atoms with van der Waals surface area (Å²) in [7, 11) is 1.54. The van der Waals surface area contributed by atoms with E-state index >= 15 is 0 Å². The summed E-state index contributed by atoms with van der Waals surface area (Å²) < 4.78 is 40.2. The van der Waals surface area contributed by atoms with Crippen LogP contribution in [-0.2, 0) is 39.7 Å². The molecule has 7 atom stereocenters. The van der Waals surface area contributed by atoms with E-state index in [4.69, 9.17) is 37.6 Å². The van der Waals surface area contributed by atoms with Crippen molar-refractivity contribution in [1.82, 2.24) is 9.97 Å². The molecule has 4 bridgehead atoms. The van der Waals surface area contributed by atoms with Gasteiger partial charge in [0.15, 0.2) is 17.3 Å². The van der Waals surface area contributed by atoms with Crippen LogP contribution in [0.15, 0.2) is 113 Å². The van der Waals surface area contributed by atoms with Crippen molar-refractivity contribution in [1.29, 1.82) is 0 Å². The van der Waals surface area contributed by atoms with Crippen molar-refractivity contribution >= 4 is 30.0 Å². The summed E-state index contributed by atoms with van der Waals surface area (Å²) >= 11 is 0. The van der Waals surface area contributed by atoms with Crippen LogP contribution in [0, 0.1) is 10.8 Å². The van der Waals surface area contributed by atoms with Gasteiger partial charge in [-0.05, 0) is 19.9 Å². The van der Waals surface area contributed by atoms with E-state index in [1.807, 2.05) is 32.1 Å². The topological polar surface area (TPSA) is 210 Å².